The van der Waals surface area contributed by atoms with Gasteiger partial charge in [0.05, 0.1) is 19.6 Å². The fourth-order valence-electron chi connectivity index (χ4n) is 6.85. The number of carbonyl (C=O) groups is 3. The number of aldehydes is 1. The van der Waals surface area contributed by atoms with Gasteiger partial charge < -0.3 is 9.47 Å². The van der Waals surface area contributed by atoms with Crippen LogP contribution in [0.15, 0.2) is 10.6 Å². The number of hydrogen-bond donors (Lipinski definition) is 0. The summed E-state index contributed by atoms with van der Waals surface area (Å²) in [7, 11) is 0. The maximum Gasteiger partial charge on any atom is 0.306 e. The molecule has 30 heavy (non-hydrogen) atoms. The molecule has 0 aromatic rings. The Bertz CT molecular complexity index is 731. The van der Waals surface area contributed by atoms with E-state index in [0.717, 1.165) is 49.0 Å². The maximum absolute atomic E-state index is 12.6. The highest BCUT2D eigenvalue weighted by molar-refractivity contribution is 6.32. The molecule has 0 aliphatic heterocycles. The van der Waals surface area contributed by atoms with Crippen molar-refractivity contribution < 1.29 is 23.9 Å². The smallest absolute Gasteiger partial charge is 0.306 e. The van der Waals surface area contributed by atoms with Gasteiger partial charge in [0.25, 0.3) is 0 Å². The predicted octanol–water partition coefficient (Wildman–Crippen LogP) is 5.05. The molecule has 0 N–H and O–H groups in total. The van der Waals surface area contributed by atoms with E-state index in [2.05, 4.69) is 13.8 Å². The minimum atomic E-state index is -0.334. The second-order valence-electron chi connectivity index (χ2n) is 9.77. The second kappa shape index (κ2) is 9.02. The van der Waals surface area contributed by atoms with Gasteiger partial charge in [-0.15, -0.1) is 0 Å². The third-order valence-electron chi connectivity index (χ3n) is 8.37. The molecule has 0 saturated heterocycles. The monoisotopic (exact) mass is 438 g/mol. The van der Waals surface area contributed by atoms with Crippen molar-refractivity contribution in [2.24, 2.45) is 34.5 Å². The fraction of sp³-hybridized carbons (Fsp3) is 0.792. The first-order chi connectivity index (χ1) is 14.2. The first-order valence-corrected chi connectivity index (χ1v) is 11.7. The van der Waals surface area contributed by atoms with E-state index in [1.807, 2.05) is 13.8 Å². The van der Waals surface area contributed by atoms with Crippen molar-refractivity contribution >= 4 is 29.8 Å². The van der Waals surface area contributed by atoms with E-state index in [4.69, 9.17) is 21.1 Å². The lowest BCUT2D eigenvalue weighted by atomic mass is 9.46. The molecule has 6 atom stereocenters. The highest BCUT2D eigenvalue weighted by Crippen LogP contribution is 2.66. The molecule has 2 saturated carbocycles. The quantitative estimate of drug-likeness (QED) is 0.410. The Morgan fingerprint density at radius 3 is 2.37 bits per heavy atom. The van der Waals surface area contributed by atoms with Crippen molar-refractivity contribution in [2.75, 3.05) is 13.2 Å². The van der Waals surface area contributed by atoms with Crippen molar-refractivity contribution in [3.8, 4) is 0 Å². The molecule has 0 bridgehead atoms. The molecule has 3 aliphatic carbocycles. The molecule has 6 heteroatoms. The number of halogens is 1. The normalized spacial score (nSPS) is 37.9. The first kappa shape index (κ1) is 23.3. The molecular formula is C24H35ClO5. The summed E-state index contributed by atoms with van der Waals surface area (Å²) in [5.41, 5.74) is 0.253. The van der Waals surface area contributed by atoms with Crippen molar-refractivity contribution in [1.82, 2.24) is 0 Å². The van der Waals surface area contributed by atoms with Crippen LogP contribution >= 0.6 is 11.6 Å². The molecule has 0 aromatic heterocycles. The highest BCUT2D eigenvalue weighted by Gasteiger charge is 2.59. The largest absolute Gasteiger partial charge is 0.466 e. The van der Waals surface area contributed by atoms with E-state index in [1.54, 1.807) is 0 Å². The molecule has 3 rings (SSSR count). The summed E-state index contributed by atoms with van der Waals surface area (Å²) in [5.74, 6) is 0.692. The Kier molecular flexibility index (Phi) is 7.01. The topological polar surface area (TPSA) is 69.7 Å². The van der Waals surface area contributed by atoms with Gasteiger partial charge in [-0.05, 0) is 75.0 Å². The zero-order valence-corrected chi connectivity index (χ0v) is 19.4. The van der Waals surface area contributed by atoms with Gasteiger partial charge in [-0.25, -0.2) is 0 Å². The molecule has 2 fully saturated rings. The van der Waals surface area contributed by atoms with Crippen molar-refractivity contribution in [1.29, 1.82) is 0 Å². The van der Waals surface area contributed by atoms with E-state index in [-0.39, 0.29) is 28.7 Å². The predicted molar refractivity (Wildman–Crippen MR) is 115 cm³/mol. The van der Waals surface area contributed by atoms with Crippen molar-refractivity contribution in [3.63, 3.8) is 0 Å². The van der Waals surface area contributed by atoms with Gasteiger partial charge in [0, 0.05) is 22.4 Å². The lowest BCUT2D eigenvalue weighted by molar-refractivity contribution is -0.159. The number of ether oxygens (including phenoxy) is 2. The van der Waals surface area contributed by atoms with Gasteiger partial charge in [-0.3, -0.25) is 14.4 Å². The van der Waals surface area contributed by atoms with Gasteiger partial charge in [0.2, 0.25) is 0 Å². The molecule has 5 nitrogen and oxygen atoms in total. The van der Waals surface area contributed by atoms with Gasteiger partial charge >= 0.3 is 11.9 Å². The summed E-state index contributed by atoms with van der Waals surface area (Å²) in [6.07, 6.45) is 6.00. The Hall–Kier alpha value is -1.36. The van der Waals surface area contributed by atoms with Crippen LogP contribution in [0.5, 0.6) is 0 Å². The molecule has 0 heterocycles. The van der Waals surface area contributed by atoms with Crippen LogP contribution in [0.2, 0.25) is 0 Å². The van der Waals surface area contributed by atoms with Gasteiger partial charge in [-0.2, -0.15) is 0 Å². The van der Waals surface area contributed by atoms with Gasteiger partial charge in [0.15, 0.2) is 0 Å². The summed E-state index contributed by atoms with van der Waals surface area (Å²) in [6.45, 7) is 8.72. The van der Waals surface area contributed by atoms with Crippen LogP contribution in [0.4, 0.5) is 0 Å². The van der Waals surface area contributed by atoms with E-state index >= 15 is 0 Å². The molecule has 168 valence electrons. The number of allylic oxidation sites excluding steroid dienone is 2. The first-order valence-electron chi connectivity index (χ1n) is 11.4. The van der Waals surface area contributed by atoms with Gasteiger partial charge in [0.1, 0.15) is 6.29 Å². The molecule has 0 radical (unpaired) electrons. The minimum Gasteiger partial charge on any atom is -0.466 e. The summed E-state index contributed by atoms with van der Waals surface area (Å²) in [6, 6.07) is 0. The summed E-state index contributed by atoms with van der Waals surface area (Å²) in [4.78, 5) is 36.5. The summed E-state index contributed by atoms with van der Waals surface area (Å²) < 4.78 is 10.6. The molecular weight excluding hydrogens is 404 g/mol. The Morgan fingerprint density at radius 1 is 1.07 bits per heavy atom. The number of fused-ring (bicyclic) bond motifs is 3. The van der Waals surface area contributed by atoms with Crippen LogP contribution in [0, 0.1) is 34.5 Å². The zero-order chi connectivity index (χ0) is 22.1. The Morgan fingerprint density at radius 2 is 1.73 bits per heavy atom. The minimum absolute atomic E-state index is 0.0851. The molecule has 0 spiro atoms. The third kappa shape index (κ3) is 3.94. The van der Waals surface area contributed by atoms with E-state index in [9.17, 15) is 14.4 Å². The van der Waals surface area contributed by atoms with Crippen molar-refractivity contribution in [3.05, 3.63) is 10.6 Å². The molecule has 3 aliphatic rings. The lowest BCUT2D eigenvalue weighted by Crippen LogP contribution is -2.52. The molecule has 0 amide bonds. The molecule has 0 unspecified atom stereocenters. The van der Waals surface area contributed by atoms with E-state index < -0.39 is 0 Å². The highest BCUT2D eigenvalue weighted by atomic mass is 35.5. The zero-order valence-electron chi connectivity index (χ0n) is 18.7. The van der Waals surface area contributed by atoms with E-state index in [1.165, 1.54) is 0 Å². The van der Waals surface area contributed by atoms with E-state index in [0.29, 0.717) is 43.8 Å². The molecule has 0 aromatic carbocycles. The van der Waals surface area contributed by atoms with Crippen LogP contribution in [0.25, 0.3) is 0 Å². The van der Waals surface area contributed by atoms with Gasteiger partial charge in [-0.1, -0.05) is 25.4 Å². The van der Waals surface area contributed by atoms with Crippen LogP contribution in [0.1, 0.15) is 72.6 Å². The summed E-state index contributed by atoms with van der Waals surface area (Å²) >= 11 is 6.67. The van der Waals surface area contributed by atoms with Crippen LogP contribution < -0.4 is 0 Å². The second-order valence-corrected chi connectivity index (χ2v) is 10.1. The Balaban J connectivity index is 1.90. The van der Waals surface area contributed by atoms with Crippen LogP contribution in [-0.4, -0.2) is 31.4 Å². The van der Waals surface area contributed by atoms with Crippen LogP contribution in [-0.2, 0) is 23.9 Å². The average molecular weight is 439 g/mol. The number of rotatable bonds is 7. The van der Waals surface area contributed by atoms with Crippen molar-refractivity contribution in [2.45, 2.75) is 72.6 Å². The van der Waals surface area contributed by atoms with Crippen LogP contribution in [0.3, 0.4) is 0 Å². The number of hydrogen-bond acceptors (Lipinski definition) is 5. The maximum atomic E-state index is 12.6. The number of carbonyl (C=O) groups excluding carboxylic acids is 3. The SMILES string of the molecule is CCOC(=O)C[C@@H]1CC[C@@H]2[C@H](CC[C@]3(C)C(Cl)=C(C=O)C[C@@H]23)[C@@]1(C)CC(=O)OCC. The summed E-state index contributed by atoms with van der Waals surface area (Å²) in [5, 5.41) is 0.738. The number of esters is 2. The standard InChI is InChI=1S/C24H35ClO5/c1-5-29-20(27)12-16-7-8-17-18(24(16,4)13-21(28)30-6-2)9-10-23(3)19(17)11-15(14-26)22(23)25/h14,16-19H,5-13H2,1-4H3/t16-,17+,18-,19-,23-,24-/m0/s1. The lowest BCUT2D eigenvalue weighted by Gasteiger charge is -2.58. The average Bonchev–Trinajstić information content (AvgIpc) is 2.95. The Labute approximate surface area is 184 Å². The fourth-order valence-corrected chi connectivity index (χ4v) is 7.21. The third-order valence-corrected chi connectivity index (χ3v) is 9.04.